The summed E-state index contributed by atoms with van der Waals surface area (Å²) in [5.41, 5.74) is 3.06. The van der Waals surface area contributed by atoms with E-state index in [2.05, 4.69) is 47.8 Å². The Morgan fingerprint density at radius 1 is 1.11 bits per heavy atom. The number of aromatic nitrogens is 4. The summed E-state index contributed by atoms with van der Waals surface area (Å²) in [4.78, 5) is 26.1. The van der Waals surface area contributed by atoms with E-state index in [1.807, 2.05) is 31.2 Å². The molecule has 27 heavy (non-hydrogen) atoms. The quantitative estimate of drug-likeness (QED) is 0.693. The van der Waals surface area contributed by atoms with Crippen LogP contribution in [0.5, 0.6) is 0 Å². The minimum Gasteiger partial charge on any atom is -0.338 e. The summed E-state index contributed by atoms with van der Waals surface area (Å²) in [6.45, 7) is 5.81. The number of aromatic amines is 1. The second-order valence-electron chi connectivity index (χ2n) is 6.78. The second kappa shape index (κ2) is 7.28. The number of nitrogens with zero attached hydrogens (tertiary/aromatic N) is 5. The van der Waals surface area contributed by atoms with Crippen LogP contribution in [0, 0.1) is 6.92 Å². The van der Waals surface area contributed by atoms with Crippen LogP contribution in [0.4, 0.5) is 5.95 Å². The molecule has 3 aromatic rings. The van der Waals surface area contributed by atoms with Crippen molar-refractivity contribution in [1.82, 2.24) is 24.6 Å². The summed E-state index contributed by atoms with van der Waals surface area (Å²) in [6.07, 6.45) is 1.80. The SMILES string of the molecule is Cc1nc(N2CCN(C)CC2)ncc1-c1cc(=O)n(-c2ccc(Br)cc2)[nH]1. The van der Waals surface area contributed by atoms with Crippen LogP contribution in [0.25, 0.3) is 16.9 Å². The van der Waals surface area contributed by atoms with Crippen molar-refractivity contribution < 1.29 is 0 Å². The second-order valence-corrected chi connectivity index (χ2v) is 7.69. The summed E-state index contributed by atoms with van der Waals surface area (Å²) in [6, 6.07) is 9.16. The highest BCUT2D eigenvalue weighted by Crippen LogP contribution is 2.22. The maximum absolute atomic E-state index is 12.4. The minimum atomic E-state index is -0.116. The molecule has 3 heterocycles. The number of hydrogen-bond donors (Lipinski definition) is 1. The smallest absolute Gasteiger partial charge is 0.271 e. The van der Waals surface area contributed by atoms with Crippen LogP contribution < -0.4 is 10.5 Å². The van der Waals surface area contributed by atoms with Gasteiger partial charge in [0.25, 0.3) is 5.56 Å². The molecule has 0 saturated carbocycles. The van der Waals surface area contributed by atoms with Crippen molar-refractivity contribution in [2.24, 2.45) is 0 Å². The Morgan fingerprint density at radius 2 is 1.81 bits per heavy atom. The molecular formula is C19H21BrN6O. The van der Waals surface area contributed by atoms with Gasteiger partial charge in [-0.15, -0.1) is 0 Å². The lowest BCUT2D eigenvalue weighted by Crippen LogP contribution is -2.45. The molecule has 8 heteroatoms. The normalized spacial score (nSPS) is 15.3. The highest BCUT2D eigenvalue weighted by Gasteiger charge is 2.18. The van der Waals surface area contributed by atoms with Crippen LogP contribution in [0.3, 0.4) is 0 Å². The molecule has 0 unspecified atom stereocenters. The lowest BCUT2D eigenvalue weighted by molar-refractivity contribution is 0.311. The first-order chi connectivity index (χ1) is 13.0. The number of rotatable bonds is 3. The van der Waals surface area contributed by atoms with Crippen molar-refractivity contribution in [2.75, 3.05) is 38.1 Å². The Balaban J connectivity index is 1.63. The van der Waals surface area contributed by atoms with Gasteiger partial charge < -0.3 is 9.80 Å². The Bertz CT molecular complexity index is 1000. The van der Waals surface area contributed by atoms with Crippen LogP contribution in [0.2, 0.25) is 0 Å². The molecule has 0 aliphatic carbocycles. The Morgan fingerprint density at radius 3 is 2.48 bits per heavy atom. The van der Waals surface area contributed by atoms with E-state index in [-0.39, 0.29) is 5.56 Å². The van der Waals surface area contributed by atoms with E-state index in [0.29, 0.717) is 5.69 Å². The van der Waals surface area contributed by atoms with Gasteiger partial charge in [-0.25, -0.2) is 14.6 Å². The summed E-state index contributed by atoms with van der Waals surface area (Å²) < 4.78 is 2.49. The summed E-state index contributed by atoms with van der Waals surface area (Å²) in [7, 11) is 2.12. The molecule has 140 valence electrons. The molecule has 1 saturated heterocycles. The summed E-state index contributed by atoms with van der Waals surface area (Å²) in [5.74, 6) is 0.749. The van der Waals surface area contributed by atoms with E-state index in [4.69, 9.17) is 0 Å². The van der Waals surface area contributed by atoms with Crippen molar-refractivity contribution in [3.05, 3.63) is 57.0 Å². The van der Waals surface area contributed by atoms with E-state index < -0.39 is 0 Å². The van der Waals surface area contributed by atoms with E-state index >= 15 is 0 Å². The van der Waals surface area contributed by atoms with Gasteiger partial charge in [-0.1, -0.05) is 15.9 Å². The number of nitrogens with one attached hydrogen (secondary N) is 1. The van der Waals surface area contributed by atoms with Crippen LogP contribution >= 0.6 is 15.9 Å². The van der Waals surface area contributed by atoms with Crippen molar-refractivity contribution >= 4 is 21.9 Å². The molecule has 1 N–H and O–H groups in total. The molecule has 0 amide bonds. The highest BCUT2D eigenvalue weighted by atomic mass is 79.9. The Labute approximate surface area is 165 Å². The van der Waals surface area contributed by atoms with Crippen molar-refractivity contribution in [3.8, 4) is 16.9 Å². The van der Waals surface area contributed by atoms with E-state index in [1.54, 1.807) is 12.3 Å². The number of anilines is 1. The molecule has 0 bridgehead atoms. The standard InChI is InChI=1S/C19H21BrN6O/c1-13-16(12-21-19(22-13)25-9-7-24(2)8-10-25)17-11-18(27)26(23-17)15-5-3-14(20)4-6-15/h3-6,11-12,23H,7-10H2,1-2H3. The lowest BCUT2D eigenvalue weighted by Gasteiger charge is -2.32. The van der Waals surface area contributed by atoms with E-state index in [0.717, 1.165) is 53.5 Å². The Kier molecular flexibility index (Phi) is 4.84. The topological polar surface area (TPSA) is 70.1 Å². The van der Waals surface area contributed by atoms with Gasteiger partial charge in [0.2, 0.25) is 5.95 Å². The molecule has 0 spiro atoms. The van der Waals surface area contributed by atoms with Crippen LogP contribution in [0.15, 0.2) is 45.8 Å². The molecule has 1 aliphatic rings. The maximum atomic E-state index is 12.4. The van der Waals surface area contributed by atoms with Crippen LogP contribution in [0.1, 0.15) is 5.69 Å². The molecule has 2 aromatic heterocycles. The number of likely N-dealkylation sites (N-methyl/N-ethyl adjacent to an activating group) is 1. The van der Waals surface area contributed by atoms with Crippen molar-refractivity contribution in [3.63, 3.8) is 0 Å². The number of hydrogen-bond acceptors (Lipinski definition) is 5. The lowest BCUT2D eigenvalue weighted by atomic mass is 10.2. The first-order valence-corrected chi connectivity index (χ1v) is 9.66. The average molecular weight is 429 g/mol. The molecule has 7 nitrogen and oxygen atoms in total. The molecular weight excluding hydrogens is 408 g/mol. The van der Waals surface area contributed by atoms with Gasteiger partial charge in [0.15, 0.2) is 0 Å². The number of aryl methyl sites for hydroxylation is 1. The zero-order valence-corrected chi connectivity index (χ0v) is 16.9. The third-order valence-corrected chi connectivity index (χ3v) is 5.38. The minimum absolute atomic E-state index is 0.116. The molecule has 4 rings (SSSR count). The fourth-order valence-electron chi connectivity index (χ4n) is 3.19. The average Bonchev–Trinajstić information content (AvgIpc) is 3.04. The molecule has 0 radical (unpaired) electrons. The van der Waals surface area contributed by atoms with Gasteiger partial charge in [-0.05, 0) is 38.2 Å². The number of piperazine rings is 1. The van der Waals surface area contributed by atoms with Gasteiger partial charge in [0.1, 0.15) is 0 Å². The zero-order chi connectivity index (χ0) is 19.0. The monoisotopic (exact) mass is 428 g/mol. The molecule has 0 atom stereocenters. The third-order valence-electron chi connectivity index (χ3n) is 4.85. The van der Waals surface area contributed by atoms with Crippen molar-refractivity contribution in [1.29, 1.82) is 0 Å². The molecule has 1 aromatic carbocycles. The number of halogens is 1. The van der Waals surface area contributed by atoms with Gasteiger partial charge in [-0.2, -0.15) is 0 Å². The van der Waals surface area contributed by atoms with E-state index in [9.17, 15) is 4.79 Å². The number of benzene rings is 1. The zero-order valence-electron chi connectivity index (χ0n) is 15.3. The fourth-order valence-corrected chi connectivity index (χ4v) is 3.46. The molecule has 1 fully saturated rings. The highest BCUT2D eigenvalue weighted by molar-refractivity contribution is 9.10. The van der Waals surface area contributed by atoms with Crippen molar-refractivity contribution in [2.45, 2.75) is 6.92 Å². The maximum Gasteiger partial charge on any atom is 0.271 e. The first kappa shape index (κ1) is 17.9. The third kappa shape index (κ3) is 3.68. The predicted molar refractivity (Wildman–Crippen MR) is 110 cm³/mol. The number of H-pyrrole nitrogens is 1. The van der Waals surface area contributed by atoms with Crippen LogP contribution in [-0.4, -0.2) is 57.9 Å². The van der Waals surface area contributed by atoms with Gasteiger partial charge in [0, 0.05) is 48.5 Å². The van der Waals surface area contributed by atoms with Gasteiger partial charge >= 0.3 is 0 Å². The van der Waals surface area contributed by atoms with Crippen LogP contribution in [-0.2, 0) is 0 Å². The van der Waals surface area contributed by atoms with E-state index in [1.165, 1.54) is 4.68 Å². The largest absolute Gasteiger partial charge is 0.338 e. The molecule has 1 aliphatic heterocycles. The summed E-state index contributed by atoms with van der Waals surface area (Å²) >= 11 is 3.41. The van der Waals surface area contributed by atoms with Gasteiger partial charge in [-0.3, -0.25) is 9.89 Å². The predicted octanol–water partition coefficient (Wildman–Crippen LogP) is 2.45. The van der Waals surface area contributed by atoms with Gasteiger partial charge in [0.05, 0.1) is 17.1 Å². The first-order valence-electron chi connectivity index (χ1n) is 8.87. The Hall–Kier alpha value is -2.45. The summed E-state index contributed by atoms with van der Waals surface area (Å²) in [5, 5.41) is 3.17. The fraction of sp³-hybridized carbons (Fsp3) is 0.316.